The lowest BCUT2D eigenvalue weighted by molar-refractivity contribution is 0.102. The summed E-state index contributed by atoms with van der Waals surface area (Å²) in [5, 5.41) is 0. The highest BCUT2D eigenvalue weighted by Gasteiger charge is 2.08. The summed E-state index contributed by atoms with van der Waals surface area (Å²) in [7, 11) is 0. The Labute approximate surface area is 86.5 Å². The fourth-order valence-corrected chi connectivity index (χ4v) is 1.21. The van der Waals surface area contributed by atoms with Crippen LogP contribution in [-0.4, -0.2) is 12.2 Å². The van der Waals surface area contributed by atoms with Gasteiger partial charge in [0.1, 0.15) is 6.10 Å². The lowest BCUT2D eigenvalue weighted by atomic mass is 10.1. The van der Waals surface area contributed by atoms with E-state index in [4.69, 9.17) is 10.5 Å². The molecule has 0 saturated carbocycles. The van der Waals surface area contributed by atoms with Crippen molar-refractivity contribution in [2.24, 2.45) is 5.73 Å². The SMILES string of the molecule is CCCC(CC=CI)OC(N)=O. The largest absolute Gasteiger partial charge is 0.446 e. The van der Waals surface area contributed by atoms with Gasteiger partial charge in [0.15, 0.2) is 0 Å². The Kier molecular flexibility index (Phi) is 7.23. The molecule has 1 atom stereocenters. The molecule has 0 bridgehead atoms. The number of ether oxygens (including phenoxy) is 1. The molecule has 0 aliphatic rings. The maximum atomic E-state index is 10.4. The van der Waals surface area contributed by atoms with Crippen LogP contribution in [0.3, 0.4) is 0 Å². The molecule has 0 fully saturated rings. The normalized spacial score (nSPS) is 13.2. The minimum atomic E-state index is -0.685. The van der Waals surface area contributed by atoms with Gasteiger partial charge in [-0.1, -0.05) is 42.0 Å². The zero-order chi connectivity index (χ0) is 9.40. The number of nitrogens with two attached hydrogens (primary N) is 1. The van der Waals surface area contributed by atoms with Crippen molar-refractivity contribution in [3.63, 3.8) is 0 Å². The fourth-order valence-electron chi connectivity index (χ4n) is 0.914. The predicted octanol–water partition coefficient (Wildman–Crippen LogP) is 2.59. The van der Waals surface area contributed by atoms with E-state index in [9.17, 15) is 4.79 Å². The molecule has 3 nitrogen and oxygen atoms in total. The van der Waals surface area contributed by atoms with Gasteiger partial charge >= 0.3 is 6.09 Å². The van der Waals surface area contributed by atoms with Crippen LogP contribution in [0.4, 0.5) is 4.79 Å². The standard InChI is InChI=1S/C8H14INO2/c1-2-4-7(5-3-6-9)12-8(10)11/h3,6-7H,2,4-5H2,1H3,(H2,10,11). The molecule has 0 radical (unpaired) electrons. The first kappa shape index (κ1) is 11.7. The molecule has 1 unspecified atom stereocenters. The van der Waals surface area contributed by atoms with Crippen LogP contribution in [0.1, 0.15) is 26.2 Å². The number of rotatable bonds is 5. The third kappa shape index (κ3) is 6.45. The van der Waals surface area contributed by atoms with E-state index in [1.165, 1.54) is 0 Å². The summed E-state index contributed by atoms with van der Waals surface area (Å²) in [6.07, 6.45) is 3.83. The Morgan fingerprint density at radius 1 is 1.75 bits per heavy atom. The quantitative estimate of drug-likeness (QED) is 0.788. The van der Waals surface area contributed by atoms with E-state index in [1.807, 2.05) is 17.1 Å². The van der Waals surface area contributed by atoms with Crippen LogP contribution in [0, 0.1) is 0 Å². The first-order valence-electron chi connectivity index (χ1n) is 3.92. The van der Waals surface area contributed by atoms with E-state index >= 15 is 0 Å². The van der Waals surface area contributed by atoms with Crippen molar-refractivity contribution in [1.29, 1.82) is 0 Å². The van der Waals surface area contributed by atoms with Crippen molar-refractivity contribution in [2.75, 3.05) is 0 Å². The van der Waals surface area contributed by atoms with Crippen LogP contribution >= 0.6 is 22.6 Å². The second-order valence-corrected chi connectivity index (χ2v) is 3.16. The van der Waals surface area contributed by atoms with Gasteiger partial charge < -0.3 is 10.5 Å². The zero-order valence-corrected chi connectivity index (χ0v) is 9.28. The van der Waals surface area contributed by atoms with E-state index in [1.54, 1.807) is 0 Å². The molecular weight excluding hydrogens is 269 g/mol. The monoisotopic (exact) mass is 283 g/mol. The molecule has 4 heteroatoms. The molecular formula is C8H14INO2. The Balaban J connectivity index is 3.76. The van der Waals surface area contributed by atoms with Crippen molar-refractivity contribution in [3.05, 3.63) is 10.2 Å². The molecule has 0 aliphatic carbocycles. The average molecular weight is 283 g/mol. The van der Waals surface area contributed by atoms with Gasteiger partial charge in [0, 0.05) is 6.42 Å². The number of hydrogen-bond donors (Lipinski definition) is 1. The highest BCUT2D eigenvalue weighted by molar-refractivity contribution is 14.1. The Hall–Kier alpha value is -0.260. The molecule has 0 aliphatic heterocycles. The minimum Gasteiger partial charge on any atom is -0.446 e. The van der Waals surface area contributed by atoms with Gasteiger partial charge in [-0.25, -0.2) is 4.79 Å². The molecule has 0 aromatic carbocycles. The highest BCUT2D eigenvalue weighted by atomic mass is 127. The van der Waals surface area contributed by atoms with Gasteiger partial charge in [-0.3, -0.25) is 0 Å². The molecule has 0 spiro atoms. The Morgan fingerprint density at radius 3 is 2.83 bits per heavy atom. The van der Waals surface area contributed by atoms with Crippen molar-refractivity contribution in [3.8, 4) is 0 Å². The van der Waals surface area contributed by atoms with Crippen LogP contribution in [-0.2, 0) is 4.74 Å². The van der Waals surface area contributed by atoms with Gasteiger partial charge in [-0.2, -0.15) is 0 Å². The third-order valence-electron chi connectivity index (χ3n) is 1.38. The molecule has 0 aromatic rings. The summed E-state index contributed by atoms with van der Waals surface area (Å²) < 4.78 is 6.78. The van der Waals surface area contributed by atoms with E-state index in [-0.39, 0.29) is 6.10 Å². The maximum absolute atomic E-state index is 10.4. The maximum Gasteiger partial charge on any atom is 0.404 e. The molecule has 12 heavy (non-hydrogen) atoms. The zero-order valence-electron chi connectivity index (χ0n) is 7.13. The second kappa shape index (κ2) is 7.39. The summed E-state index contributed by atoms with van der Waals surface area (Å²) in [6.45, 7) is 2.05. The average Bonchev–Trinajstić information content (AvgIpc) is 2.00. The molecule has 0 aromatic heterocycles. The molecule has 0 saturated heterocycles. The first-order valence-corrected chi connectivity index (χ1v) is 5.16. The molecule has 0 rings (SSSR count). The van der Waals surface area contributed by atoms with Crippen LogP contribution in [0.2, 0.25) is 0 Å². The number of carbonyl (C=O) groups excluding carboxylic acids is 1. The lowest BCUT2D eigenvalue weighted by Gasteiger charge is -2.12. The lowest BCUT2D eigenvalue weighted by Crippen LogP contribution is -2.22. The number of halogens is 1. The summed E-state index contributed by atoms with van der Waals surface area (Å²) >= 11 is 2.13. The van der Waals surface area contributed by atoms with Crippen molar-refractivity contribution >= 4 is 28.7 Å². The van der Waals surface area contributed by atoms with Gasteiger partial charge in [0.05, 0.1) is 0 Å². The Morgan fingerprint density at radius 2 is 2.42 bits per heavy atom. The second-order valence-electron chi connectivity index (χ2n) is 2.44. The third-order valence-corrected chi connectivity index (χ3v) is 1.89. The first-order chi connectivity index (χ1) is 5.70. The van der Waals surface area contributed by atoms with Crippen molar-refractivity contribution < 1.29 is 9.53 Å². The predicted molar refractivity (Wildman–Crippen MR) is 57.1 cm³/mol. The van der Waals surface area contributed by atoms with Gasteiger partial charge in [0.2, 0.25) is 0 Å². The molecule has 1 amide bonds. The van der Waals surface area contributed by atoms with E-state index in [2.05, 4.69) is 22.6 Å². The van der Waals surface area contributed by atoms with Gasteiger partial charge in [-0.05, 0) is 10.5 Å². The van der Waals surface area contributed by atoms with Crippen LogP contribution < -0.4 is 5.73 Å². The summed E-state index contributed by atoms with van der Waals surface area (Å²) in [4.78, 5) is 10.4. The van der Waals surface area contributed by atoms with Crippen molar-refractivity contribution in [1.82, 2.24) is 0 Å². The van der Waals surface area contributed by atoms with Crippen molar-refractivity contribution in [2.45, 2.75) is 32.3 Å². The molecule has 0 heterocycles. The molecule has 2 N–H and O–H groups in total. The number of amides is 1. The van der Waals surface area contributed by atoms with Gasteiger partial charge in [-0.15, -0.1) is 0 Å². The van der Waals surface area contributed by atoms with Crippen LogP contribution in [0.15, 0.2) is 10.2 Å². The smallest absolute Gasteiger partial charge is 0.404 e. The summed E-state index contributed by atoms with van der Waals surface area (Å²) in [6, 6.07) is 0. The summed E-state index contributed by atoms with van der Waals surface area (Å²) in [5.74, 6) is 0. The molecule has 70 valence electrons. The number of primary amides is 1. The highest BCUT2D eigenvalue weighted by Crippen LogP contribution is 2.08. The fraction of sp³-hybridized carbons (Fsp3) is 0.625. The van der Waals surface area contributed by atoms with Gasteiger partial charge in [0.25, 0.3) is 0 Å². The number of hydrogen-bond acceptors (Lipinski definition) is 2. The van der Waals surface area contributed by atoms with E-state index < -0.39 is 6.09 Å². The van der Waals surface area contributed by atoms with Crippen LogP contribution in [0.5, 0.6) is 0 Å². The number of carbonyl (C=O) groups is 1. The Bertz CT molecular complexity index is 159. The topological polar surface area (TPSA) is 52.3 Å². The van der Waals surface area contributed by atoms with E-state index in [0.717, 1.165) is 19.3 Å². The summed E-state index contributed by atoms with van der Waals surface area (Å²) in [5.41, 5.74) is 4.91. The van der Waals surface area contributed by atoms with E-state index in [0.29, 0.717) is 0 Å². The van der Waals surface area contributed by atoms with Crippen LogP contribution in [0.25, 0.3) is 0 Å². The minimum absolute atomic E-state index is 0.0569.